The SMILES string of the molecule is Nc1cc(OCCCc2ccncc2)ncn1. The highest BCUT2D eigenvalue weighted by molar-refractivity contribution is 5.30. The van der Waals surface area contributed by atoms with Crippen LogP contribution in [0.2, 0.25) is 0 Å². The molecular formula is C12H14N4O. The highest BCUT2D eigenvalue weighted by Gasteiger charge is 1.97. The van der Waals surface area contributed by atoms with Crippen molar-refractivity contribution in [3.8, 4) is 5.88 Å². The topological polar surface area (TPSA) is 73.9 Å². The molecule has 88 valence electrons. The highest BCUT2D eigenvalue weighted by atomic mass is 16.5. The van der Waals surface area contributed by atoms with Crippen LogP contribution in [0.4, 0.5) is 5.82 Å². The lowest BCUT2D eigenvalue weighted by Crippen LogP contribution is -2.02. The van der Waals surface area contributed by atoms with Crippen molar-refractivity contribution in [1.82, 2.24) is 15.0 Å². The van der Waals surface area contributed by atoms with Crippen LogP contribution in [0, 0.1) is 0 Å². The molecular weight excluding hydrogens is 216 g/mol. The van der Waals surface area contributed by atoms with Crippen molar-refractivity contribution in [2.75, 3.05) is 12.3 Å². The van der Waals surface area contributed by atoms with Crippen molar-refractivity contribution >= 4 is 5.82 Å². The number of ether oxygens (including phenoxy) is 1. The average Bonchev–Trinajstić information content (AvgIpc) is 2.36. The minimum atomic E-state index is 0.420. The molecule has 17 heavy (non-hydrogen) atoms. The fourth-order valence-corrected chi connectivity index (χ4v) is 1.43. The molecule has 2 rings (SSSR count). The maximum Gasteiger partial charge on any atom is 0.218 e. The van der Waals surface area contributed by atoms with E-state index in [2.05, 4.69) is 15.0 Å². The van der Waals surface area contributed by atoms with E-state index in [1.54, 1.807) is 18.5 Å². The Hall–Kier alpha value is -2.17. The largest absolute Gasteiger partial charge is 0.478 e. The molecule has 0 aliphatic heterocycles. The van der Waals surface area contributed by atoms with Crippen LogP contribution in [0.5, 0.6) is 5.88 Å². The lowest BCUT2D eigenvalue weighted by molar-refractivity contribution is 0.299. The van der Waals surface area contributed by atoms with Gasteiger partial charge >= 0.3 is 0 Å². The monoisotopic (exact) mass is 230 g/mol. The molecule has 0 atom stereocenters. The van der Waals surface area contributed by atoms with Gasteiger partial charge in [-0.25, -0.2) is 9.97 Å². The lowest BCUT2D eigenvalue weighted by atomic mass is 10.1. The van der Waals surface area contributed by atoms with E-state index < -0.39 is 0 Å². The average molecular weight is 230 g/mol. The van der Waals surface area contributed by atoms with Crippen LogP contribution in [-0.4, -0.2) is 21.6 Å². The summed E-state index contributed by atoms with van der Waals surface area (Å²) in [6.45, 7) is 0.610. The number of nitrogen functional groups attached to an aromatic ring is 1. The first-order chi connectivity index (χ1) is 8.34. The van der Waals surface area contributed by atoms with Gasteiger partial charge in [-0.2, -0.15) is 0 Å². The Morgan fingerprint density at radius 2 is 2.00 bits per heavy atom. The second-order valence-electron chi connectivity index (χ2n) is 3.59. The van der Waals surface area contributed by atoms with Crippen molar-refractivity contribution in [2.45, 2.75) is 12.8 Å². The van der Waals surface area contributed by atoms with Gasteiger partial charge in [-0.05, 0) is 30.5 Å². The van der Waals surface area contributed by atoms with Gasteiger partial charge in [0.05, 0.1) is 6.61 Å². The van der Waals surface area contributed by atoms with Gasteiger partial charge in [-0.3, -0.25) is 4.98 Å². The number of pyridine rings is 1. The Morgan fingerprint density at radius 3 is 2.76 bits per heavy atom. The van der Waals surface area contributed by atoms with E-state index in [4.69, 9.17) is 10.5 Å². The maximum atomic E-state index is 5.52. The predicted octanol–water partition coefficient (Wildman–Crippen LogP) is 1.47. The van der Waals surface area contributed by atoms with Crippen molar-refractivity contribution in [3.05, 3.63) is 42.5 Å². The zero-order valence-electron chi connectivity index (χ0n) is 9.41. The van der Waals surface area contributed by atoms with E-state index in [0.717, 1.165) is 12.8 Å². The zero-order valence-corrected chi connectivity index (χ0v) is 9.41. The molecule has 0 radical (unpaired) electrons. The molecule has 0 aromatic carbocycles. The summed E-state index contributed by atoms with van der Waals surface area (Å²) >= 11 is 0. The second-order valence-corrected chi connectivity index (χ2v) is 3.59. The first-order valence-electron chi connectivity index (χ1n) is 5.44. The molecule has 2 heterocycles. The van der Waals surface area contributed by atoms with Gasteiger partial charge in [0.25, 0.3) is 0 Å². The van der Waals surface area contributed by atoms with Gasteiger partial charge in [-0.15, -0.1) is 0 Å². The zero-order chi connectivity index (χ0) is 11.9. The summed E-state index contributed by atoms with van der Waals surface area (Å²) in [7, 11) is 0. The van der Waals surface area contributed by atoms with Crippen LogP contribution in [0.15, 0.2) is 36.9 Å². The minimum absolute atomic E-state index is 0.420. The number of nitrogens with zero attached hydrogens (tertiary/aromatic N) is 3. The van der Waals surface area contributed by atoms with Crippen LogP contribution in [-0.2, 0) is 6.42 Å². The fourth-order valence-electron chi connectivity index (χ4n) is 1.43. The van der Waals surface area contributed by atoms with Gasteiger partial charge in [0.1, 0.15) is 12.1 Å². The second kappa shape index (κ2) is 5.79. The molecule has 5 heteroatoms. The lowest BCUT2D eigenvalue weighted by Gasteiger charge is -2.05. The maximum absolute atomic E-state index is 5.52. The van der Waals surface area contributed by atoms with Crippen molar-refractivity contribution in [2.24, 2.45) is 0 Å². The predicted molar refractivity (Wildman–Crippen MR) is 64.5 cm³/mol. The van der Waals surface area contributed by atoms with Crippen molar-refractivity contribution < 1.29 is 4.74 Å². The van der Waals surface area contributed by atoms with E-state index in [1.165, 1.54) is 11.9 Å². The van der Waals surface area contributed by atoms with E-state index in [0.29, 0.717) is 18.3 Å². The Labute approximate surface area is 99.7 Å². The summed E-state index contributed by atoms with van der Waals surface area (Å²) in [5, 5.41) is 0. The van der Waals surface area contributed by atoms with Gasteiger partial charge in [0.15, 0.2) is 0 Å². The van der Waals surface area contributed by atoms with E-state index in [1.807, 2.05) is 12.1 Å². The van der Waals surface area contributed by atoms with Gasteiger partial charge in [-0.1, -0.05) is 0 Å². The Bertz CT molecular complexity index is 461. The highest BCUT2D eigenvalue weighted by Crippen LogP contribution is 2.08. The van der Waals surface area contributed by atoms with E-state index in [9.17, 15) is 0 Å². The van der Waals surface area contributed by atoms with Crippen LogP contribution in [0.1, 0.15) is 12.0 Å². The molecule has 2 aromatic heterocycles. The molecule has 0 aliphatic carbocycles. The van der Waals surface area contributed by atoms with Crippen LogP contribution >= 0.6 is 0 Å². The number of rotatable bonds is 5. The van der Waals surface area contributed by atoms with E-state index >= 15 is 0 Å². The summed E-state index contributed by atoms with van der Waals surface area (Å²) in [5.41, 5.74) is 6.77. The Balaban J connectivity index is 1.73. The molecule has 2 N–H and O–H groups in total. The van der Waals surface area contributed by atoms with Gasteiger partial charge in [0.2, 0.25) is 5.88 Å². The third-order valence-electron chi connectivity index (χ3n) is 2.27. The van der Waals surface area contributed by atoms with Crippen molar-refractivity contribution in [1.29, 1.82) is 0 Å². The van der Waals surface area contributed by atoms with Gasteiger partial charge < -0.3 is 10.5 Å². The molecule has 0 unspecified atom stereocenters. The molecule has 0 aliphatic rings. The number of aromatic nitrogens is 3. The smallest absolute Gasteiger partial charge is 0.218 e. The van der Waals surface area contributed by atoms with Crippen LogP contribution in [0.25, 0.3) is 0 Å². The van der Waals surface area contributed by atoms with Crippen molar-refractivity contribution in [3.63, 3.8) is 0 Å². The van der Waals surface area contributed by atoms with Gasteiger partial charge in [0, 0.05) is 18.5 Å². The number of hydrogen-bond donors (Lipinski definition) is 1. The van der Waals surface area contributed by atoms with E-state index in [-0.39, 0.29) is 0 Å². The minimum Gasteiger partial charge on any atom is -0.478 e. The molecule has 5 nitrogen and oxygen atoms in total. The molecule has 0 bridgehead atoms. The normalized spacial score (nSPS) is 10.1. The number of anilines is 1. The molecule has 0 saturated carbocycles. The molecule has 0 fully saturated rings. The quantitative estimate of drug-likeness (QED) is 0.787. The summed E-state index contributed by atoms with van der Waals surface area (Å²) in [4.78, 5) is 11.7. The molecule has 0 spiro atoms. The first-order valence-corrected chi connectivity index (χ1v) is 5.44. The molecule has 0 amide bonds. The number of nitrogens with two attached hydrogens (primary N) is 1. The Kier molecular flexibility index (Phi) is 3.85. The number of aryl methyl sites for hydroxylation is 1. The summed E-state index contributed by atoms with van der Waals surface area (Å²) in [5.74, 6) is 0.941. The Morgan fingerprint density at radius 1 is 1.18 bits per heavy atom. The molecule has 0 saturated heterocycles. The summed E-state index contributed by atoms with van der Waals surface area (Å²) < 4.78 is 5.46. The molecule has 2 aromatic rings. The summed E-state index contributed by atoms with van der Waals surface area (Å²) in [6, 6.07) is 5.62. The van der Waals surface area contributed by atoms with Crippen LogP contribution in [0.3, 0.4) is 0 Å². The fraction of sp³-hybridized carbons (Fsp3) is 0.250. The first kappa shape index (κ1) is 11.3. The standard InChI is InChI=1S/C12H14N4O/c13-11-8-12(16-9-15-11)17-7-1-2-10-3-5-14-6-4-10/h3-6,8-9H,1-2,7H2,(H2,13,15,16). The summed E-state index contributed by atoms with van der Waals surface area (Å²) in [6.07, 6.45) is 6.87. The third-order valence-corrected chi connectivity index (χ3v) is 2.27. The van der Waals surface area contributed by atoms with Crippen LogP contribution < -0.4 is 10.5 Å². The third kappa shape index (κ3) is 3.71. The number of hydrogen-bond acceptors (Lipinski definition) is 5.